The molecule has 7 nitrogen and oxygen atoms in total. The van der Waals surface area contributed by atoms with E-state index in [-0.39, 0.29) is 30.4 Å². The molecule has 0 aliphatic carbocycles. The monoisotopic (exact) mass is 469 g/mol. The molecule has 0 radical (unpaired) electrons. The molecule has 0 aromatic heterocycles. The van der Waals surface area contributed by atoms with Crippen LogP contribution in [0.1, 0.15) is 81.6 Å². The van der Waals surface area contributed by atoms with Crippen LogP contribution in [0.4, 0.5) is 0 Å². The summed E-state index contributed by atoms with van der Waals surface area (Å²) in [4.78, 5) is 37.8. The van der Waals surface area contributed by atoms with Crippen LogP contribution >= 0.6 is 0 Å². The van der Waals surface area contributed by atoms with Gasteiger partial charge in [-0.25, -0.2) is 4.79 Å². The minimum absolute atomic E-state index is 0.0600. The fourth-order valence-corrected chi connectivity index (χ4v) is 3.44. The minimum atomic E-state index is -0.384. The van der Waals surface area contributed by atoms with E-state index in [1.807, 2.05) is 13.8 Å². The van der Waals surface area contributed by atoms with Gasteiger partial charge in [0.2, 0.25) is 12.3 Å². The van der Waals surface area contributed by atoms with Crippen molar-refractivity contribution in [2.24, 2.45) is 11.8 Å². The summed E-state index contributed by atoms with van der Waals surface area (Å²) < 4.78 is 4.92. The Hall–Kier alpha value is -1.89. The van der Waals surface area contributed by atoms with E-state index in [0.29, 0.717) is 18.6 Å². The van der Waals surface area contributed by atoms with Crippen LogP contribution in [0.15, 0.2) is 11.6 Å². The van der Waals surface area contributed by atoms with Crippen molar-refractivity contribution in [2.75, 3.05) is 33.3 Å². The first kappa shape index (κ1) is 33.3. The molecule has 1 fully saturated rings. The second-order valence-corrected chi connectivity index (χ2v) is 9.35. The van der Waals surface area contributed by atoms with Gasteiger partial charge in [-0.1, -0.05) is 47.1 Å². The Kier molecular flexibility index (Phi) is 19.7. The van der Waals surface area contributed by atoms with Crippen molar-refractivity contribution < 1.29 is 19.1 Å². The molecule has 7 heteroatoms. The van der Waals surface area contributed by atoms with Crippen LogP contribution in [0, 0.1) is 11.8 Å². The molecule has 1 saturated heterocycles. The van der Waals surface area contributed by atoms with Gasteiger partial charge in [0.15, 0.2) is 0 Å². The SMILES string of the molecule is CC(C)N1CCC[C@H](C)C1.CCC.CCOC(=O)/C(C)=C/[C@H](C(C)C)N(C)C(=O)CNC=O. The average molecular weight is 470 g/mol. The second-order valence-electron chi connectivity index (χ2n) is 9.35. The summed E-state index contributed by atoms with van der Waals surface area (Å²) in [6, 6.07) is 0.517. The number of carbonyl (C=O) groups excluding carboxylic acids is 3. The molecule has 0 unspecified atom stereocenters. The van der Waals surface area contributed by atoms with Crippen LogP contribution in [-0.4, -0.2) is 73.5 Å². The molecule has 33 heavy (non-hydrogen) atoms. The number of rotatable bonds is 9. The molecule has 1 aliphatic rings. The van der Waals surface area contributed by atoms with E-state index in [1.54, 1.807) is 27.0 Å². The lowest BCUT2D eigenvalue weighted by Crippen LogP contribution is -2.43. The molecule has 0 spiro atoms. The topological polar surface area (TPSA) is 79.0 Å². The Balaban J connectivity index is 0. The van der Waals surface area contributed by atoms with Crippen molar-refractivity contribution in [3.8, 4) is 0 Å². The number of nitrogens with one attached hydrogen (secondary N) is 1. The highest BCUT2D eigenvalue weighted by Gasteiger charge is 2.22. The predicted octanol–water partition coefficient (Wildman–Crippen LogP) is 4.27. The maximum absolute atomic E-state index is 11.9. The highest BCUT2D eigenvalue weighted by Crippen LogP contribution is 2.17. The Morgan fingerprint density at radius 1 is 1.18 bits per heavy atom. The van der Waals surface area contributed by atoms with Crippen molar-refractivity contribution in [3.05, 3.63) is 11.6 Å². The van der Waals surface area contributed by atoms with Crippen molar-refractivity contribution in [2.45, 2.75) is 93.7 Å². The van der Waals surface area contributed by atoms with Crippen LogP contribution in [0.5, 0.6) is 0 Å². The van der Waals surface area contributed by atoms with Crippen LogP contribution in [0.25, 0.3) is 0 Å². The molecule has 0 saturated carbocycles. The normalized spacial score (nSPS) is 17.2. The van der Waals surface area contributed by atoms with E-state index in [9.17, 15) is 14.4 Å². The smallest absolute Gasteiger partial charge is 0.333 e. The van der Waals surface area contributed by atoms with Gasteiger partial charge in [0, 0.05) is 25.2 Å². The van der Waals surface area contributed by atoms with Crippen molar-refractivity contribution >= 4 is 18.3 Å². The van der Waals surface area contributed by atoms with Crippen LogP contribution in [-0.2, 0) is 19.1 Å². The van der Waals surface area contributed by atoms with E-state index >= 15 is 0 Å². The standard InChI is InChI=1S/C14H24N2O4.C9H19N.C3H8/c1-6-20-14(19)11(4)7-12(10(2)3)16(5)13(18)8-15-9-17;1-8(2)10-6-4-5-9(3)7-10;1-3-2/h7,9-10,12H,6,8H2,1-5H3,(H,15,17);8-9H,4-7H2,1-3H3;3H2,1-2H3/b11-7+;;/t12-;9-;/m10./s1. The molecule has 0 aromatic carbocycles. The van der Waals surface area contributed by atoms with Gasteiger partial charge in [-0.05, 0) is 58.9 Å². The Labute approximate surface area is 203 Å². The predicted molar refractivity (Wildman–Crippen MR) is 137 cm³/mol. The number of esters is 1. The summed E-state index contributed by atoms with van der Waals surface area (Å²) in [5.41, 5.74) is 0.466. The van der Waals surface area contributed by atoms with E-state index in [1.165, 1.54) is 37.3 Å². The van der Waals surface area contributed by atoms with Crippen molar-refractivity contribution in [1.82, 2.24) is 15.1 Å². The lowest BCUT2D eigenvalue weighted by atomic mass is 9.99. The first-order valence-electron chi connectivity index (χ1n) is 12.5. The summed E-state index contributed by atoms with van der Waals surface area (Å²) in [5.74, 6) is 0.453. The lowest BCUT2D eigenvalue weighted by molar-refractivity contribution is -0.138. The zero-order valence-corrected chi connectivity index (χ0v) is 22.9. The number of piperidine rings is 1. The first-order valence-corrected chi connectivity index (χ1v) is 12.5. The molecule has 1 rings (SSSR count). The highest BCUT2D eigenvalue weighted by molar-refractivity contribution is 5.88. The summed E-state index contributed by atoms with van der Waals surface area (Å²) in [6.07, 6.45) is 6.29. The Morgan fingerprint density at radius 2 is 1.76 bits per heavy atom. The van der Waals surface area contributed by atoms with E-state index in [0.717, 1.165) is 12.0 Å². The highest BCUT2D eigenvalue weighted by atomic mass is 16.5. The number of likely N-dealkylation sites (N-methyl/N-ethyl adjacent to an activating group) is 1. The maximum Gasteiger partial charge on any atom is 0.333 e. The van der Waals surface area contributed by atoms with E-state index < -0.39 is 0 Å². The third kappa shape index (κ3) is 15.6. The fraction of sp³-hybridized carbons (Fsp3) is 0.808. The third-order valence-electron chi connectivity index (χ3n) is 5.30. The third-order valence-corrected chi connectivity index (χ3v) is 5.30. The second kappa shape index (κ2) is 19.6. The Morgan fingerprint density at radius 3 is 2.15 bits per heavy atom. The van der Waals surface area contributed by atoms with Gasteiger partial charge in [-0.15, -0.1) is 0 Å². The molecule has 1 N–H and O–H groups in total. The minimum Gasteiger partial charge on any atom is -0.463 e. The number of nitrogens with zero attached hydrogens (tertiary/aromatic N) is 2. The van der Waals surface area contributed by atoms with Crippen molar-refractivity contribution in [1.29, 1.82) is 0 Å². The number of likely N-dealkylation sites (tertiary alicyclic amines) is 1. The zero-order chi connectivity index (χ0) is 26.0. The molecule has 0 aromatic rings. The molecular formula is C26H51N3O4. The van der Waals surface area contributed by atoms with E-state index in [2.05, 4.69) is 44.8 Å². The van der Waals surface area contributed by atoms with Crippen molar-refractivity contribution in [3.63, 3.8) is 0 Å². The van der Waals surface area contributed by atoms with Gasteiger partial charge >= 0.3 is 5.97 Å². The fourth-order valence-electron chi connectivity index (χ4n) is 3.44. The largest absolute Gasteiger partial charge is 0.463 e. The number of hydrogen-bond donors (Lipinski definition) is 1. The van der Waals surface area contributed by atoms with Crippen LogP contribution < -0.4 is 5.32 Å². The van der Waals surface area contributed by atoms with E-state index in [4.69, 9.17) is 4.74 Å². The van der Waals surface area contributed by atoms with Gasteiger partial charge in [0.25, 0.3) is 0 Å². The molecule has 1 heterocycles. The number of amides is 2. The first-order chi connectivity index (χ1) is 15.5. The van der Waals surface area contributed by atoms with Crippen LogP contribution in [0.2, 0.25) is 0 Å². The molecule has 0 bridgehead atoms. The van der Waals surface area contributed by atoms with Gasteiger partial charge in [0.05, 0.1) is 19.2 Å². The van der Waals surface area contributed by atoms with Crippen LogP contribution in [0.3, 0.4) is 0 Å². The summed E-state index contributed by atoms with van der Waals surface area (Å²) in [5, 5.41) is 2.34. The number of ether oxygens (including phenoxy) is 1. The van der Waals surface area contributed by atoms with Gasteiger partial charge < -0.3 is 19.9 Å². The quantitative estimate of drug-likeness (QED) is 0.310. The molecule has 194 valence electrons. The summed E-state index contributed by atoms with van der Waals surface area (Å²) >= 11 is 0. The lowest BCUT2D eigenvalue weighted by Gasteiger charge is -2.33. The zero-order valence-electron chi connectivity index (χ0n) is 22.9. The summed E-state index contributed by atoms with van der Waals surface area (Å²) in [6.45, 7) is 21.4. The molecule has 2 amide bonds. The van der Waals surface area contributed by atoms with Gasteiger partial charge in [-0.3, -0.25) is 9.59 Å². The molecule has 1 aliphatic heterocycles. The number of carbonyl (C=O) groups is 3. The summed E-state index contributed by atoms with van der Waals surface area (Å²) in [7, 11) is 1.65. The average Bonchev–Trinajstić information content (AvgIpc) is 2.76. The maximum atomic E-state index is 11.9. The Bertz CT molecular complexity index is 576. The van der Waals surface area contributed by atoms with Gasteiger partial charge in [-0.2, -0.15) is 0 Å². The number of hydrogen-bond acceptors (Lipinski definition) is 5. The molecular weight excluding hydrogens is 418 g/mol. The molecule has 2 atom stereocenters. The van der Waals surface area contributed by atoms with Gasteiger partial charge in [0.1, 0.15) is 0 Å².